The number of carboxylic acids is 1. The van der Waals surface area contributed by atoms with Gasteiger partial charge in [-0.1, -0.05) is 0 Å². The molecule has 1 aromatic heterocycles. The Morgan fingerprint density at radius 1 is 1.77 bits per heavy atom. The lowest BCUT2D eigenvalue weighted by Gasteiger charge is -2.11. The first kappa shape index (κ1) is 8.25. The van der Waals surface area contributed by atoms with E-state index in [4.69, 9.17) is 9.84 Å². The van der Waals surface area contributed by atoms with E-state index in [0.29, 0.717) is 13.0 Å². The molecule has 0 radical (unpaired) electrons. The second-order valence-corrected chi connectivity index (χ2v) is 3.04. The predicted octanol–water partition coefficient (Wildman–Crippen LogP) is 0.572. The summed E-state index contributed by atoms with van der Waals surface area (Å²) in [4.78, 5) is 10.8. The van der Waals surface area contributed by atoms with Crippen LogP contribution in [0.4, 0.5) is 0 Å². The van der Waals surface area contributed by atoms with Gasteiger partial charge in [0, 0.05) is 12.8 Å². The predicted molar refractivity (Wildman–Crippen MR) is 43.0 cm³/mol. The van der Waals surface area contributed by atoms with Gasteiger partial charge in [0.25, 0.3) is 0 Å². The molecular formula is C8H10N2O3. The highest BCUT2D eigenvalue weighted by atomic mass is 16.5. The Morgan fingerprint density at radius 3 is 3.23 bits per heavy atom. The molecule has 1 saturated heterocycles. The highest BCUT2D eigenvalue weighted by Crippen LogP contribution is 2.33. The fourth-order valence-corrected chi connectivity index (χ4v) is 1.57. The zero-order valence-corrected chi connectivity index (χ0v) is 6.93. The van der Waals surface area contributed by atoms with Crippen molar-refractivity contribution in [3.8, 4) is 0 Å². The summed E-state index contributed by atoms with van der Waals surface area (Å²) in [5.41, 5.74) is 0.741. The Kier molecular flexibility index (Phi) is 2.02. The zero-order valence-electron chi connectivity index (χ0n) is 6.93. The molecule has 0 spiro atoms. The van der Waals surface area contributed by atoms with Crippen molar-refractivity contribution in [1.82, 2.24) is 10.2 Å². The van der Waals surface area contributed by atoms with Crippen molar-refractivity contribution in [2.75, 3.05) is 6.61 Å². The number of carbonyl (C=O) groups is 1. The third-order valence-electron chi connectivity index (χ3n) is 2.24. The van der Waals surface area contributed by atoms with Crippen LogP contribution in [-0.2, 0) is 9.53 Å². The first-order chi connectivity index (χ1) is 6.29. The van der Waals surface area contributed by atoms with E-state index in [2.05, 4.69) is 10.2 Å². The number of aromatic amines is 1. The molecule has 5 heteroatoms. The van der Waals surface area contributed by atoms with Crippen molar-refractivity contribution in [2.24, 2.45) is 5.92 Å². The summed E-state index contributed by atoms with van der Waals surface area (Å²) >= 11 is 0. The van der Waals surface area contributed by atoms with E-state index >= 15 is 0 Å². The van der Waals surface area contributed by atoms with Gasteiger partial charge >= 0.3 is 5.97 Å². The standard InChI is InChI=1S/C8H10N2O3/c11-8(12)5-2-4-13-7(5)6-1-3-9-10-6/h1,3,5,7H,2,4H2,(H,9,10)(H,11,12)/t5-,7-/m0/s1. The Labute approximate surface area is 74.7 Å². The number of nitrogens with one attached hydrogen (secondary N) is 1. The Morgan fingerprint density at radius 2 is 2.62 bits per heavy atom. The van der Waals surface area contributed by atoms with Crippen molar-refractivity contribution in [3.63, 3.8) is 0 Å². The lowest BCUT2D eigenvalue weighted by Crippen LogP contribution is -2.17. The molecule has 2 atom stereocenters. The van der Waals surface area contributed by atoms with Crippen molar-refractivity contribution in [2.45, 2.75) is 12.5 Å². The van der Waals surface area contributed by atoms with Crippen LogP contribution in [0.1, 0.15) is 18.2 Å². The molecule has 0 amide bonds. The molecule has 13 heavy (non-hydrogen) atoms. The lowest BCUT2D eigenvalue weighted by atomic mass is 10.00. The van der Waals surface area contributed by atoms with Crippen molar-refractivity contribution >= 4 is 5.97 Å². The lowest BCUT2D eigenvalue weighted by molar-refractivity contribution is -0.143. The number of H-pyrrole nitrogens is 1. The van der Waals surface area contributed by atoms with E-state index in [-0.39, 0.29) is 6.10 Å². The summed E-state index contributed by atoms with van der Waals surface area (Å²) in [7, 11) is 0. The summed E-state index contributed by atoms with van der Waals surface area (Å²) in [6, 6.07) is 1.74. The number of nitrogens with zero attached hydrogens (tertiary/aromatic N) is 1. The quantitative estimate of drug-likeness (QED) is 0.701. The molecule has 0 aliphatic carbocycles. The van der Waals surface area contributed by atoms with Gasteiger partial charge in [-0.3, -0.25) is 9.89 Å². The smallest absolute Gasteiger partial charge is 0.309 e. The van der Waals surface area contributed by atoms with Crippen LogP contribution >= 0.6 is 0 Å². The summed E-state index contributed by atoms with van der Waals surface area (Å²) < 4.78 is 5.32. The maximum absolute atomic E-state index is 10.8. The maximum atomic E-state index is 10.8. The molecule has 2 heterocycles. The average molecular weight is 182 g/mol. The number of carboxylic acid groups (broad SMARTS) is 1. The van der Waals surface area contributed by atoms with Crippen molar-refractivity contribution in [1.29, 1.82) is 0 Å². The van der Waals surface area contributed by atoms with Crippen LogP contribution in [0.15, 0.2) is 12.3 Å². The van der Waals surface area contributed by atoms with Crippen LogP contribution in [0, 0.1) is 5.92 Å². The molecule has 5 nitrogen and oxygen atoms in total. The maximum Gasteiger partial charge on any atom is 0.309 e. The van der Waals surface area contributed by atoms with E-state index in [1.807, 2.05) is 0 Å². The zero-order chi connectivity index (χ0) is 9.26. The molecule has 1 fully saturated rings. The molecule has 0 unspecified atom stereocenters. The van der Waals surface area contributed by atoms with Crippen LogP contribution in [-0.4, -0.2) is 27.9 Å². The Bertz CT molecular complexity index is 296. The molecule has 0 aromatic carbocycles. The number of aromatic nitrogens is 2. The SMILES string of the molecule is O=C(O)[C@H]1CCO[C@@H]1c1ccn[nH]1. The molecule has 1 aromatic rings. The number of rotatable bonds is 2. The first-order valence-corrected chi connectivity index (χ1v) is 4.12. The van der Waals surface area contributed by atoms with Crippen LogP contribution in [0.5, 0.6) is 0 Å². The van der Waals surface area contributed by atoms with Gasteiger partial charge in [-0.25, -0.2) is 0 Å². The first-order valence-electron chi connectivity index (χ1n) is 4.12. The minimum Gasteiger partial charge on any atom is -0.481 e. The highest BCUT2D eigenvalue weighted by Gasteiger charge is 2.35. The van der Waals surface area contributed by atoms with E-state index in [9.17, 15) is 4.79 Å². The number of hydrogen-bond acceptors (Lipinski definition) is 3. The molecule has 1 aliphatic heterocycles. The minimum absolute atomic E-state index is 0.361. The van der Waals surface area contributed by atoms with Gasteiger partial charge in [0.15, 0.2) is 0 Å². The molecule has 1 aliphatic rings. The van der Waals surface area contributed by atoms with Crippen LogP contribution < -0.4 is 0 Å². The van der Waals surface area contributed by atoms with Crippen LogP contribution in [0.3, 0.4) is 0 Å². The van der Waals surface area contributed by atoms with Gasteiger partial charge in [0.2, 0.25) is 0 Å². The monoisotopic (exact) mass is 182 g/mol. The molecule has 70 valence electrons. The van der Waals surface area contributed by atoms with Crippen LogP contribution in [0.25, 0.3) is 0 Å². The molecule has 2 rings (SSSR count). The fraction of sp³-hybridized carbons (Fsp3) is 0.500. The third-order valence-corrected chi connectivity index (χ3v) is 2.24. The molecule has 0 saturated carbocycles. The molecular weight excluding hydrogens is 172 g/mol. The van der Waals surface area contributed by atoms with E-state index in [1.165, 1.54) is 0 Å². The van der Waals surface area contributed by atoms with Crippen molar-refractivity contribution < 1.29 is 14.6 Å². The molecule has 0 bridgehead atoms. The second-order valence-electron chi connectivity index (χ2n) is 3.04. The van der Waals surface area contributed by atoms with Gasteiger partial charge in [0.05, 0.1) is 11.6 Å². The summed E-state index contributed by atoms with van der Waals surface area (Å²) in [6.45, 7) is 0.501. The Balaban J connectivity index is 2.19. The van der Waals surface area contributed by atoms with Crippen LogP contribution in [0.2, 0.25) is 0 Å². The summed E-state index contributed by atoms with van der Waals surface area (Å²) in [6.07, 6.45) is 1.80. The topological polar surface area (TPSA) is 75.2 Å². The average Bonchev–Trinajstić information content (AvgIpc) is 2.74. The normalized spacial score (nSPS) is 27.7. The van der Waals surface area contributed by atoms with Gasteiger partial charge < -0.3 is 9.84 Å². The number of ether oxygens (including phenoxy) is 1. The molecule has 2 N–H and O–H groups in total. The minimum atomic E-state index is -0.808. The number of hydrogen-bond donors (Lipinski definition) is 2. The fourth-order valence-electron chi connectivity index (χ4n) is 1.57. The summed E-state index contributed by atoms with van der Waals surface area (Å²) in [5.74, 6) is -1.25. The van der Waals surface area contributed by atoms with Gasteiger partial charge in [-0.2, -0.15) is 5.10 Å². The highest BCUT2D eigenvalue weighted by molar-refractivity contribution is 5.71. The largest absolute Gasteiger partial charge is 0.481 e. The third kappa shape index (κ3) is 1.42. The van der Waals surface area contributed by atoms with E-state index in [1.54, 1.807) is 12.3 Å². The summed E-state index contributed by atoms with van der Waals surface area (Å²) in [5, 5.41) is 15.4. The van der Waals surface area contributed by atoms with Gasteiger partial charge in [0.1, 0.15) is 6.10 Å². The van der Waals surface area contributed by atoms with Gasteiger partial charge in [-0.05, 0) is 12.5 Å². The second kappa shape index (κ2) is 3.18. The van der Waals surface area contributed by atoms with Gasteiger partial charge in [-0.15, -0.1) is 0 Å². The van der Waals surface area contributed by atoms with Crippen molar-refractivity contribution in [3.05, 3.63) is 18.0 Å². The Hall–Kier alpha value is -1.36. The number of aliphatic carboxylic acids is 1. The van der Waals surface area contributed by atoms with E-state index in [0.717, 1.165) is 5.69 Å². The van der Waals surface area contributed by atoms with E-state index < -0.39 is 11.9 Å².